The molecule has 2 N–H and O–H groups in total. The molecule has 0 fully saturated rings. The lowest BCUT2D eigenvalue weighted by atomic mass is 10.0. The van der Waals surface area contributed by atoms with E-state index in [2.05, 4.69) is 33.3 Å². The summed E-state index contributed by atoms with van der Waals surface area (Å²) < 4.78 is 2.85. The molecule has 0 spiro atoms. The lowest BCUT2D eigenvalue weighted by Gasteiger charge is -2.25. The van der Waals surface area contributed by atoms with Crippen LogP contribution >= 0.6 is 27.3 Å². The third kappa shape index (κ3) is 4.14. The van der Waals surface area contributed by atoms with Gasteiger partial charge in [0, 0.05) is 23.7 Å². The van der Waals surface area contributed by atoms with Gasteiger partial charge in [-0.05, 0) is 41.2 Å². The van der Waals surface area contributed by atoms with Crippen LogP contribution in [-0.2, 0) is 12.1 Å². The molecule has 0 radical (unpaired) electrons. The molecule has 0 saturated carbocycles. The molecule has 0 bridgehead atoms. The van der Waals surface area contributed by atoms with Crippen molar-refractivity contribution in [2.75, 3.05) is 6.54 Å². The van der Waals surface area contributed by atoms with Crippen LogP contribution < -0.4 is 5.32 Å². The fourth-order valence-corrected chi connectivity index (χ4v) is 2.94. The minimum atomic E-state index is -0.826. The van der Waals surface area contributed by atoms with E-state index in [1.54, 1.807) is 17.5 Å². The van der Waals surface area contributed by atoms with Crippen molar-refractivity contribution in [3.8, 4) is 0 Å². The van der Waals surface area contributed by atoms with Gasteiger partial charge in [0.05, 0.1) is 17.2 Å². The van der Waals surface area contributed by atoms with Crippen molar-refractivity contribution in [3.63, 3.8) is 0 Å². The first-order valence-electron chi connectivity index (χ1n) is 6.15. The highest BCUT2D eigenvalue weighted by Crippen LogP contribution is 2.24. The van der Waals surface area contributed by atoms with Crippen molar-refractivity contribution in [2.24, 2.45) is 0 Å². The van der Waals surface area contributed by atoms with Crippen LogP contribution in [0.25, 0.3) is 0 Å². The van der Waals surface area contributed by atoms with Gasteiger partial charge < -0.3 is 10.4 Å². The van der Waals surface area contributed by atoms with Crippen LogP contribution in [0.3, 0.4) is 0 Å². The average molecular weight is 344 g/mol. The van der Waals surface area contributed by atoms with Crippen molar-refractivity contribution in [1.29, 1.82) is 0 Å². The fourth-order valence-electron chi connectivity index (χ4n) is 1.83. The Morgan fingerprint density at radius 2 is 2.42 bits per heavy atom. The van der Waals surface area contributed by atoms with Crippen molar-refractivity contribution in [3.05, 3.63) is 39.3 Å². The van der Waals surface area contributed by atoms with Crippen molar-refractivity contribution in [2.45, 2.75) is 32.0 Å². The summed E-state index contributed by atoms with van der Waals surface area (Å²) in [7, 11) is 0. The zero-order valence-electron chi connectivity index (χ0n) is 11.0. The van der Waals surface area contributed by atoms with E-state index in [9.17, 15) is 5.11 Å². The molecule has 6 heteroatoms. The number of aromatic nitrogens is 2. The topological polar surface area (TPSA) is 50.1 Å². The van der Waals surface area contributed by atoms with Crippen molar-refractivity contribution >= 4 is 27.3 Å². The van der Waals surface area contributed by atoms with Crippen LogP contribution in [0, 0.1) is 0 Å². The molecule has 2 aromatic heterocycles. The van der Waals surface area contributed by atoms with E-state index >= 15 is 0 Å². The monoisotopic (exact) mass is 343 g/mol. The van der Waals surface area contributed by atoms with Crippen LogP contribution in [-0.4, -0.2) is 27.5 Å². The van der Waals surface area contributed by atoms with Gasteiger partial charge in [0.1, 0.15) is 5.60 Å². The number of rotatable bonds is 6. The van der Waals surface area contributed by atoms with Gasteiger partial charge in [0.25, 0.3) is 0 Å². The molecule has 0 saturated heterocycles. The summed E-state index contributed by atoms with van der Waals surface area (Å²) in [6, 6.07) is 4.15. The van der Waals surface area contributed by atoms with E-state index in [0.717, 1.165) is 15.9 Å². The van der Waals surface area contributed by atoms with Crippen LogP contribution in [0.1, 0.15) is 18.7 Å². The minimum Gasteiger partial charge on any atom is -0.383 e. The van der Waals surface area contributed by atoms with Gasteiger partial charge in [-0.15, -0.1) is 11.3 Å². The summed E-state index contributed by atoms with van der Waals surface area (Å²) in [6.07, 6.45) is 3.71. The summed E-state index contributed by atoms with van der Waals surface area (Å²) in [4.78, 5) is 0.981. The molecule has 4 nitrogen and oxygen atoms in total. The van der Waals surface area contributed by atoms with Gasteiger partial charge >= 0.3 is 0 Å². The first-order valence-corrected chi connectivity index (χ1v) is 7.82. The molecule has 2 rings (SSSR count). The van der Waals surface area contributed by atoms with Crippen molar-refractivity contribution in [1.82, 2.24) is 15.1 Å². The Morgan fingerprint density at radius 3 is 3.00 bits per heavy atom. The van der Waals surface area contributed by atoms with E-state index in [1.807, 2.05) is 35.3 Å². The maximum atomic E-state index is 10.4. The maximum Gasteiger partial charge on any atom is 0.108 e. The predicted molar refractivity (Wildman–Crippen MR) is 81.3 cm³/mol. The molecule has 0 aliphatic carbocycles. The number of nitrogens with zero attached hydrogens (tertiary/aromatic N) is 2. The van der Waals surface area contributed by atoms with E-state index in [4.69, 9.17) is 0 Å². The van der Waals surface area contributed by atoms with E-state index in [0.29, 0.717) is 6.54 Å². The van der Waals surface area contributed by atoms with Crippen LogP contribution in [0.2, 0.25) is 0 Å². The summed E-state index contributed by atoms with van der Waals surface area (Å²) in [6.45, 7) is 5.21. The fraction of sp³-hybridized carbons (Fsp3) is 0.462. The number of thiophene rings is 1. The highest BCUT2D eigenvalue weighted by Gasteiger charge is 2.24. The lowest BCUT2D eigenvalue weighted by Crippen LogP contribution is -2.41. The average Bonchev–Trinajstić information content (AvgIpc) is 2.98. The van der Waals surface area contributed by atoms with E-state index in [1.165, 1.54) is 0 Å². The highest BCUT2D eigenvalue weighted by atomic mass is 79.9. The Morgan fingerprint density at radius 1 is 1.63 bits per heavy atom. The zero-order valence-corrected chi connectivity index (χ0v) is 13.4. The summed E-state index contributed by atoms with van der Waals surface area (Å²) in [5.41, 5.74) is -0.826. The molecule has 0 aliphatic heterocycles. The molecule has 19 heavy (non-hydrogen) atoms. The van der Waals surface area contributed by atoms with Crippen LogP contribution in [0.5, 0.6) is 0 Å². The molecular weight excluding hydrogens is 326 g/mol. The number of halogens is 1. The Bertz CT molecular complexity index is 510. The minimum absolute atomic E-state index is 0.234. The SMILES string of the molecule is C[C@@H](Cn1cc(Br)cn1)NC[C@@](C)(O)c1cccs1. The molecule has 0 aromatic carbocycles. The summed E-state index contributed by atoms with van der Waals surface area (Å²) in [5.74, 6) is 0. The van der Waals surface area contributed by atoms with E-state index in [-0.39, 0.29) is 6.04 Å². The smallest absolute Gasteiger partial charge is 0.108 e. The maximum absolute atomic E-state index is 10.4. The van der Waals surface area contributed by atoms with E-state index < -0.39 is 5.60 Å². The van der Waals surface area contributed by atoms with Crippen LogP contribution in [0.15, 0.2) is 34.4 Å². The Labute approximate surface area is 125 Å². The molecular formula is C13H18BrN3OS. The number of hydrogen-bond acceptors (Lipinski definition) is 4. The number of hydrogen-bond donors (Lipinski definition) is 2. The number of nitrogens with one attached hydrogen (secondary N) is 1. The second-order valence-corrected chi connectivity index (χ2v) is 6.78. The second kappa shape index (κ2) is 6.17. The third-order valence-corrected chi connectivity index (χ3v) is 4.44. The van der Waals surface area contributed by atoms with Gasteiger partial charge in [0.2, 0.25) is 0 Å². The predicted octanol–water partition coefficient (Wildman–Crippen LogP) is 2.59. The molecule has 104 valence electrons. The van der Waals surface area contributed by atoms with Crippen molar-refractivity contribution < 1.29 is 5.11 Å². The van der Waals surface area contributed by atoms with Gasteiger partial charge in [0.15, 0.2) is 0 Å². The molecule has 2 aromatic rings. The molecule has 2 atom stereocenters. The number of aliphatic hydroxyl groups is 1. The third-order valence-electron chi connectivity index (χ3n) is 2.91. The molecule has 0 aliphatic rings. The molecule has 0 unspecified atom stereocenters. The quantitative estimate of drug-likeness (QED) is 0.847. The molecule has 0 amide bonds. The Hall–Kier alpha value is -0.690. The Kier molecular flexibility index (Phi) is 4.78. The zero-order chi connectivity index (χ0) is 13.9. The highest BCUT2D eigenvalue weighted by molar-refractivity contribution is 9.10. The van der Waals surface area contributed by atoms with Gasteiger partial charge in [-0.3, -0.25) is 4.68 Å². The first kappa shape index (κ1) is 14.7. The standard InChI is InChI=1S/C13H18BrN3OS/c1-10(7-17-8-11(14)6-16-17)15-9-13(2,18)12-4-3-5-19-12/h3-6,8,10,15,18H,7,9H2,1-2H3/t10-,13+/m0/s1. The van der Waals surface area contributed by atoms with Gasteiger partial charge in [-0.25, -0.2) is 0 Å². The van der Waals surface area contributed by atoms with Gasteiger partial charge in [-0.1, -0.05) is 6.07 Å². The van der Waals surface area contributed by atoms with Gasteiger partial charge in [-0.2, -0.15) is 5.10 Å². The first-order chi connectivity index (χ1) is 8.97. The largest absolute Gasteiger partial charge is 0.383 e. The van der Waals surface area contributed by atoms with Crippen LogP contribution in [0.4, 0.5) is 0 Å². The normalized spacial score (nSPS) is 16.2. The second-order valence-electron chi connectivity index (χ2n) is 4.91. The summed E-state index contributed by atoms with van der Waals surface area (Å²) >= 11 is 4.95. The lowest BCUT2D eigenvalue weighted by molar-refractivity contribution is 0.0573. The Balaban J connectivity index is 1.85. The summed E-state index contributed by atoms with van der Waals surface area (Å²) in [5, 5.41) is 20.0. The molecule has 2 heterocycles.